The van der Waals surface area contributed by atoms with Gasteiger partial charge in [0, 0.05) is 0 Å². The molecule has 0 bridgehead atoms. The highest BCUT2D eigenvalue weighted by Crippen LogP contribution is 2.15. The molecule has 1 aromatic rings. The van der Waals surface area contributed by atoms with Gasteiger partial charge in [-0.25, -0.2) is 4.79 Å². The zero-order valence-corrected chi connectivity index (χ0v) is 8.90. The Kier molecular flexibility index (Phi) is 3.49. The second kappa shape index (κ2) is 4.63. The molecule has 0 aliphatic rings. The van der Waals surface area contributed by atoms with Gasteiger partial charge in [-0.2, -0.15) is 0 Å². The van der Waals surface area contributed by atoms with E-state index < -0.39 is 5.97 Å². The fourth-order valence-corrected chi connectivity index (χ4v) is 1.05. The molecule has 1 N–H and O–H groups in total. The number of nitrogens with zero attached hydrogens (tertiary/aromatic N) is 1. The van der Waals surface area contributed by atoms with Crippen LogP contribution in [0.4, 0.5) is 0 Å². The molecule has 1 heterocycles. The van der Waals surface area contributed by atoms with Gasteiger partial charge in [0.1, 0.15) is 17.1 Å². The molecule has 5 nitrogen and oxygen atoms in total. The summed E-state index contributed by atoms with van der Waals surface area (Å²) in [6, 6.07) is 1.44. The Morgan fingerprint density at radius 3 is 2.73 bits per heavy atom. The summed E-state index contributed by atoms with van der Waals surface area (Å²) in [4.78, 5) is 15.6. The summed E-state index contributed by atoms with van der Waals surface area (Å²) < 4.78 is 5.18. The van der Waals surface area contributed by atoms with Crippen molar-refractivity contribution in [3.63, 3.8) is 0 Å². The predicted octanol–water partition coefficient (Wildman–Crippen LogP) is 2.20. The van der Waals surface area contributed by atoms with Crippen LogP contribution in [0.1, 0.15) is 35.7 Å². The van der Waals surface area contributed by atoms with Crippen molar-refractivity contribution >= 4 is 11.7 Å². The van der Waals surface area contributed by atoms with E-state index in [-0.39, 0.29) is 12.2 Å². The Balaban J connectivity index is 2.68. The van der Waals surface area contributed by atoms with E-state index in [4.69, 9.17) is 14.4 Å². The summed E-state index contributed by atoms with van der Waals surface area (Å²) in [7, 11) is 0. The molecule has 0 spiro atoms. The van der Waals surface area contributed by atoms with Gasteiger partial charge in [0.05, 0.1) is 5.71 Å². The molecular weight excluding hydrogens is 198 g/mol. The van der Waals surface area contributed by atoms with E-state index in [1.54, 1.807) is 20.8 Å². The topological polar surface area (TPSA) is 72.0 Å². The molecule has 0 fully saturated rings. The Hall–Kier alpha value is -1.78. The van der Waals surface area contributed by atoms with E-state index in [9.17, 15) is 4.79 Å². The number of hydrogen-bond acceptors (Lipinski definition) is 4. The van der Waals surface area contributed by atoms with Gasteiger partial charge in [-0.1, -0.05) is 5.16 Å². The lowest BCUT2D eigenvalue weighted by Crippen LogP contribution is -1.95. The van der Waals surface area contributed by atoms with E-state index in [1.165, 1.54) is 6.07 Å². The lowest BCUT2D eigenvalue weighted by molar-refractivity contribution is 0.0695. The molecule has 0 radical (unpaired) electrons. The molecule has 1 aromatic heterocycles. The van der Waals surface area contributed by atoms with Crippen LogP contribution in [0.5, 0.6) is 0 Å². The molecular formula is C10H13NO4. The van der Waals surface area contributed by atoms with Gasteiger partial charge in [-0.3, -0.25) is 0 Å². The highest BCUT2D eigenvalue weighted by Gasteiger charge is 2.13. The third kappa shape index (κ3) is 3.12. The third-order valence-electron chi connectivity index (χ3n) is 1.65. The summed E-state index contributed by atoms with van der Waals surface area (Å²) in [6.07, 6.45) is 0. The number of carboxylic acids is 1. The van der Waals surface area contributed by atoms with E-state index >= 15 is 0 Å². The number of carboxylic acid groups (broad SMARTS) is 1. The second-order valence-electron chi connectivity index (χ2n) is 3.30. The Morgan fingerprint density at radius 2 is 2.27 bits per heavy atom. The SMILES string of the molecule is CC(C)=NOCc1cc(C(=O)O)c(C)o1. The molecule has 15 heavy (non-hydrogen) atoms. The van der Waals surface area contributed by atoms with Crippen LogP contribution >= 0.6 is 0 Å². The lowest BCUT2D eigenvalue weighted by Gasteiger charge is -1.95. The third-order valence-corrected chi connectivity index (χ3v) is 1.65. The quantitative estimate of drug-likeness (QED) is 0.612. The van der Waals surface area contributed by atoms with Gasteiger partial charge in [-0.05, 0) is 26.8 Å². The molecule has 1 rings (SSSR count). The first-order valence-corrected chi connectivity index (χ1v) is 4.46. The maximum Gasteiger partial charge on any atom is 0.339 e. The Labute approximate surface area is 87.3 Å². The molecule has 5 heteroatoms. The predicted molar refractivity (Wildman–Crippen MR) is 54.0 cm³/mol. The zero-order chi connectivity index (χ0) is 11.4. The molecule has 0 atom stereocenters. The van der Waals surface area contributed by atoms with Crippen molar-refractivity contribution in [2.45, 2.75) is 27.4 Å². The zero-order valence-electron chi connectivity index (χ0n) is 8.90. The lowest BCUT2D eigenvalue weighted by atomic mass is 10.2. The first-order chi connectivity index (χ1) is 7.00. The van der Waals surface area contributed by atoms with Gasteiger partial charge in [0.15, 0.2) is 6.61 Å². The van der Waals surface area contributed by atoms with Crippen LogP contribution < -0.4 is 0 Å². The minimum absolute atomic E-state index is 0.138. The minimum Gasteiger partial charge on any atom is -0.478 e. The van der Waals surface area contributed by atoms with Gasteiger partial charge in [0.25, 0.3) is 0 Å². The van der Waals surface area contributed by atoms with Crippen LogP contribution in [0.2, 0.25) is 0 Å². The van der Waals surface area contributed by atoms with E-state index in [0.717, 1.165) is 5.71 Å². The molecule has 0 aromatic carbocycles. The fraction of sp³-hybridized carbons (Fsp3) is 0.400. The van der Waals surface area contributed by atoms with Gasteiger partial charge < -0.3 is 14.4 Å². The maximum absolute atomic E-state index is 10.7. The van der Waals surface area contributed by atoms with Crippen molar-refractivity contribution in [2.24, 2.45) is 5.16 Å². The normalized spacial score (nSPS) is 9.80. The standard InChI is InChI=1S/C10H13NO4/c1-6(2)11-14-5-8-4-9(10(12)13)7(3)15-8/h4H,5H2,1-3H3,(H,12,13). The first kappa shape index (κ1) is 11.3. The number of hydrogen-bond donors (Lipinski definition) is 1. The van der Waals surface area contributed by atoms with Crippen molar-refractivity contribution in [3.05, 3.63) is 23.2 Å². The monoisotopic (exact) mass is 211 g/mol. The van der Waals surface area contributed by atoms with Crippen LogP contribution in [0, 0.1) is 6.92 Å². The summed E-state index contributed by atoms with van der Waals surface area (Å²) in [5.74, 6) is -0.175. The highest BCUT2D eigenvalue weighted by molar-refractivity contribution is 5.88. The Morgan fingerprint density at radius 1 is 1.60 bits per heavy atom. The molecule has 0 aliphatic carbocycles. The van der Waals surface area contributed by atoms with E-state index in [0.29, 0.717) is 11.5 Å². The van der Waals surface area contributed by atoms with Crippen molar-refractivity contribution in [3.8, 4) is 0 Å². The molecule has 0 saturated heterocycles. The van der Waals surface area contributed by atoms with Crippen LogP contribution in [0.3, 0.4) is 0 Å². The number of carbonyl (C=O) groups is 1. The fourth-order valence-electron chi connectivity index (χ4n) is 1.05. The van der Waals surface area contributed by atoms with Crippen LogP contribution in [0.15, 0.2) is 15.6 Å². The number of furan rings is 1. The van der Waals surface area contributed by atoms with Crippen molar-refractivity contribution in [2.75, 3.05) is 0 Å². The largest absolute Gasteiger partial charge is 0.478 e. The van der Waals surface area contributed by atoms with Gasteiger partial charge >= 0.3 is 5.97 Å². The van der Waals surface area contributed by atoms with Crippen LogP contribution in [0.25, 0.3) is 0 Å². The van der Waals surface area contributed by atoms with Gasteiger partial charge in [-0.15, -0.1) is 0 Å². The number of oxime groups is 1. The summed E-state index contributed by atoms with van der Waals surface area (Å²) >= 11 is 0. The molecule has 0 saturated carbocycles. The maximum atomic E-state index is 10.7. The average Bonchev–Trinajstić information content (AvgIpc) is 2.46. The first-order valence-electron chi connectivity index (χ1n) is 4.46. The van der Waals surface area contributed by atoms with Crippen molar-refractivity contribution in [1.29, 1.82) is 0 Å². The van der Waals surface area contributed by atoms with Crippen LogP contribution in [-0.2, 0) is 11.4 Å². The summed E-state index contributed by atoms with van der Waals surface area (Å²) in [5.41, 5.74) is 0.947. The van der Waals surface area contributed by atoms with E-state index in [2.05, 4.69) is 5.16 Å². The Bertz CT molecular complexity index is 388. The molecule has 0 aliphatic heterocycles. The molecule has 0 unspecified atom stereocenters. The van der Waals surface area contributed by atoms with Crippen LogP contribution in [-0.4, -0.2) is 16.8 Å². The number of rotatable bonds is 4. The molecule has 82 valence electrons. The summed E-state index contributed by atoms with van der Waals surface area (Å²) in [6.45, 7) is 5.34. The van der Waals surface area contributed by atoms with Crippen molar-refractivity contribution < 1.29 is 19.2 Å². The minimum atomic E-state index is -1.00. The number of aromatic carboxylic acids is 1. The van der Waals surface area contributed by atoms with Crippen molar-refractivity contribution in [1.82, 2.24) is 0 Å². The highest BCUT2D eigenvalue weighted by atomic mass is 16.6. The molecule has 0 amide bonds. The summed E-state index contributed by atoms with van der Waals surface area (Å²) in [5, 5.41) is 12.5. The smallest absolute Gasteiger partial charge is 0.339 e. The van der Waals surface area contributed by atoms with Gasteiger partial charge in [0.2, 0.25) is 0 Å². The second-order valence-corrected chi connectivity index (χ2v) is 3.30. The van der Waals surface area contributed by atoms with E-state index in [1.807, 2.05) is 0 Å². The number of aryl methyl sites for hydroxylation is 1. The average molecular weight is 211 g/mol.